The zero-order valence-electron chi connectivity index (χ0n) is 13.8. The topological polar surface area (TPSA) is 95.5 Å². The number of carboxylic acid groups (broad SMARTS) is 1. The van der Waals surface area contributed by atoms with Crippen LogP contribution in [0.4, 0.5) is 5.69 Å². The predicted molar refractivity (Wildman–Crippen MR) is 97.1 cm³/mol. The minimum Gasteiger partial charge on any atom is -0.480 e. The maximum Gasteiger partial charge on any atom is 0.326 e. The average Bonchev–Trinajstić information content (AvgIpc) is 3.13. The van der Waals surface area contributed by atoms with Crippen LogP contribution in [-0.2, 0) is 4.79 Å². The van der Waals surface area contributed by atoms with Crippen molar-refractivity contribution in [2.24, 2.45) is 0 Å². The fraction of sp³-hybridized carbons (Fsp3) is 0.278. The quantitative estimate of drug-likeness (QED) is 0.672. The Bertz CT molecular complexity index is 743. The molecule has 1 heterocycles. The van der Waals surface area contributed by atoms with Crippen molar-refractivity contribution < 1.29 is 19.5 Å². The lowest BCUT2D eigenvalue weighted by molar-refractivity contribution is -0.139. The van der Waals surface area contributed by atoms with Gasteiger partial charge in [0, 0.05) is 11.3 Å². The van der Waals surface area contributed by atoms with E-state index in [1.807, 2.05) is 6.92 Å². The van der Waals surface area contributed by atoms with Gasteiger partial charge in [0.1, 0.15) is 6.04 Å². The molecule has 1 aromatic heterocycles. The van der Waals surface area contributed by atoms with E-state index in [1.165, 1.54) is 17.4 Å². The first-order valence-corrected chi connectivity index (χ1v) is 8.87. The van der Waals surface area contributed by atoms with E-state index in [0.717, 1.165) is 6.42 Å². The Labute approximate surface area is 149 Å². The van der Waals surface area contributed by atoms with Crippen molar-refractivity contribution in [3.63, 3.8) is 0 Å². The Balaban J connectivity index is 2.05. The lowest BCUT2D eigenvalue weighted by atomic mass is 10.1. The molecule has 3 N–H and O–H groups in total. The van der Waals surface area contributed by atoms with Crippen molar-refractivity contribution in [3.8, 4) is 0 Å². The Morgan fingerprint density at radius 3 is 2.60 bits per heavy atom. The van der Waals surface area contributed by atoms with Gasteiger partial charge < -0.3 is 15.7 Å². The molecule has 25 heavy (non-hydrogen) atoms. The van der Waals surface area contributed by atoms with Crippen LogP contribution in [0.5, 0.6) is 0 Å². The largest absolute Gasteiger partial charge is 0.480 e. The summed E-state index contributed by atoms with van der Waals surface area (Å²) in [6.07, 6.45) is 1.95. The van der Waals surface area contributed by atoms with E-state index >= 15 is 0 Å². The molecule has 0 aliphatic heterocycles. The first-order valence-electron chi connectivity index (χ1n) is 8.00. The standard InChI is InChI=1S/C18H20N2O4S/c1-2-3-8-14(18(23)24)20-16(21)12-6-4-7-13(11-12)19-17(22)15-9-5-10-25-15/h4-7,9-11,14H,2-3,8H2,1H3,(H,19,22)(H,20,21)(H,23,24). The van der Waals surface area contributed by atoms with E-state index in [9.17, 15) is 19.5 Å². The fourth-order valence-electron chi connectivity index (χ4n) is 2.25. The van der Waals surface area contributed by atoms with Gasteiger partial charge >= 0.3 is 5.97 Å². The number of amides is 2. The van der Waals surface area contributed by atoms with Gasteiger partial charge in [-0.05, 0) is 36.1 Å². The fourth-order valence-corrected chi connectivity index (χ4v) is 2.86. The molecule has 2 aromatic rings. The highest BCUT2D eigenvalue weighted by Gasteiger charge is 2.20. The maximum absolute atomic E-state index is 12.3. The highest BCUT2D eigenvalue weighted by Crippen LogP contribution is 2.15. The summed E-state index contributed by atoms with van der Waals surface area (Å²) in [6, 6.07) is 8.99. The number of unbranched alkanes of at least 4 members (excludes halogenated alkanes) is 1. The van der Waals surface area contributed by atoms with E-state index in [2.05, 4.69) is 10.6 Å². The van der Waals surface area contributed by atoms with Crippen LogP contribution in [0.15, 0.2) is 41.8 Å². The van der Waals surface area contributed by atoms with Crippen molar-refractivity contribution in [3.05, 3.63) is 52.2 Å². The molecular weight excluding hydrogens is 340 g/mol. The number of carboxylic acids is 1. The number of benzene rings is 1. The molecular formula is C18H20N2O4S. The van der Waals surface area contributed by atoms with Crippen LogP contribution in [0.1, 0.15) is 46.2 Å². The highest BCUT2D eigenvalue weighted by atomic mass is 32.1. The van der Waals surface area contributed by atoms with Gasteiger partial charge in [-0.3, -0.25) is 9.59 Å². The second-order valence-electron chi connectivity index (χ2n) is 5.52. The summed E-state index contributed by atoms with van der Waals surface area (Å²) in [7, 11) is 0. The Hall–Kier alpha value is -2.67. The van der Waals surface area contributed by atoms with Gasteiger partial charge in [0.15, 0.2) is 0 Å². The molecule has 2 amide bonds. The zero-order chi connectivity index (χ0) is 18.2. The third-order valence-corrected chi connectivity index (χ3v) is 4.45. The third kappa shape index (κ3) is 5.42. The van der Waals surface area contributed by atoms with Gasteiger partial charge in [0.25, 0.3) is 11.8 Å². The number of thiophene rings is 1. The monoisotopic (exact) mass is 360 g/mol. The van der Waals surface area contributed by atoms with Crippen LogP contribution >= 0.6 is 11.3 Å². The smallest absolute Gasteiger partial charge is 0.326 e. The SMILES string of the molecule is CCCCC(NC(=O)c1cccc(NC(=O)c2cccs2)c1)C(=O)O. The second kappa shape index (κ2) is 8.98. The summed E-state index contributed by atoms with van der Waals surface area (Å²) in [5.41, 5.74) is 0.776. The van der Waals surface area contributed by atoms with Gasteiger partial charge in [-0.1, -0.05) is 31.9 Å². The first-order chi connectivity index (χ1) is 12.0. The summed E-state index contributed by atoms with van der Waals surface area (Å²) in [5.74, 6) is -1.78. The van der Waals surface area contributed by atoms with Crippen molar-refractivity contribution in [2.45, 2.75) is 32.2 Å². The number of hydrogen-bond donors (Lipinski definition) is 3. The van der Waals surface area contributed by atoms with Gasteiger partial charge in [0.05, 0.1) is 4.88 Å². The molecule has 0 spiro atoms. The van der Waals surface area contributed by atoms with E-state index < -0.39 is 17.9 Å². The minimum absolute atomic E-state index is 0.251. The van der Waals surface area contributed by atoms with Crippen LogP contribution in [0.25, 0.3) is 0 Å². The molecule has 7 heteroatoms. The summed E-state index contributed by atoms with van der Waals surface area (Å²) >= 11 is 1.32. The Morgan fingerprint density at radius 1 is 1.16 bits per heavy atom. The average molecular weight is 360 g/mol. The molecule has 1 atom stereocenters. The summed E-state index contributed by atoms with van der Waals surface area (Å²) in [6.45, 7) is 1.96. The summed E-state index contributed by atoms with van der Waals surface area (Å²) in [5, 5.41) is 16.3. The molecule has 0 aliphatic rings. The van der Waals surface area contributed by atoms with Crippen molar-refractivity contribution >= 4 is 34.8 Å². The molecule has 0 saturated carbocycles. The maximum atomic E-state index is 12.3. The lowest BCUT2D eigenvalue weighted by Crippen LogP contribution is -2.40. The molecule has 1 unspecified atom stereocenters. The summed E-state index contributed by atoms with van der Waals surface area (Å²) in [4.78, 5) is 36.2. The molecule has 2 rings (SSSR count). The third-order valence-electron chi connectivity index (χ3n) is 3.58. The number of nitrogens with one attached hydrogen (secondary N) is 2. The molecule has 0 bridgehead atoms. The number of rotatable bonds is 8. The lowest BCUT2D eigenvalue weighted by Gasteiger charge is -2.14. The highest BCUT2D eigenvalue weighted by molar-refractivity contribution is 7.12. The van der Waals surface area contributed by atoms with Gasteiger partial charge in [-0.15, -0.1) is 11.3 Å². The molecule has 132 valence electrons. The van der Waals surface area contributed by atoms with Crippen molar-refractivity contribution in [2.75, 3.05) is 5.32 Å². The predicted octanol–water partition coefficient (Wildman–Crippen LogP) is 3.37. The Morgan fingerprint density at radius 2 is 1.96 bits per heavy atom. The molecule has 1 aromatic carbocycles. The summed E-state index contributed by atoms with van der Waals surface area (Å²) < 4.78 is 0. The number of anilines is 1. The molecule has 6 nitrogen and oxygen atoms in total. The van der Waals surface area contributed by atoms with Crippen LogP contribution in [0.3, 0.4) is 0 Å². The molecule has 0 saturated heterocycles. The van der Waals surface area contributed by atoms with Crippen LogP contribution < -0.4 is 10.6 Å². The van der Waals surface area contributed by atoms with E-state index in [1.54, 1.807) is 35.7 Å². The normalized spacial score (nSPS) is 11.6. The van der Waals surface area contributed by atoms with Crippen molar-refractivity contribution in [1.29, 1.82) is 0 Å². The van der Waals surface area contributed by atoms with Gasteiger partial charge in [0.2, 0.25) is 0 Å². The van der Waals surface area contributed by atoms with E-state index in [-0.39, 0.29) is 5.91 Å². The molecule has 0 aliphatic carbocycles. The number of carbonyl (C=O) groups is 3. The first kappa shape index (κ1) is 18.7. The molecule has 0 radical (unpaired) electrons. The van der Waals surface area contributed by atoms with Gasteiger partial charge in [-0.2, -0.15) is 0 Å². The Kier molecular flexibility index (Phi) is 6.71. The number of hydrogen-bond acceptors (Lipinski definition) is 4. The molecule has 0 fully saturated rings. The van der Waals surface area contributed by atoms with E-state index in [0.29, 0.717) is 29.0 Å². The second-order valence-corrected chi connectivity index (χ2v) is 6.47. The van der Waals surface area contributed by atoms with Crippen LogP contribution in [-0.4, -0.2) is 28.9 Å². The van der Waals surface area contributed by atoms with Crippen LogP contribution in [0, 0.1) is 0 Å². The minimum atomic E-state index is -1.05. The van der Waals surface area contributed by atoms with Crippen molar-refractivity contribution in [1.82, 2.24) is 5.32 Å². The van der Waals surface area contributed by atoms with E-state index in [4.69, 9.17) is 0 Å². The number of aliphatic carboxylic acids is 1. The van der Waals surface area contributed by atoms with Crippen LogP contribution in [0.2, 0.25) is 0 Å². The number of carbonyl (C=O) groups excluding carboxylic acids is 2. The zero-order valence-corrected chi connectivity index (χ0v) is 14.6. The van der Waals surface area contributed by atoms with Gasteiger partial charge in [-0.25, -0.2) is 4.79 Å².